The van der Waals surface area contributed by atoms with Crippen LogP contribution in [0.4, 0.5) is 10.1 Å². The largest absolute Gasteiger partial charge is 0.348 e. The number of nitrogens with one attached hydrogen (secondary N) is 2. The van der Waals surface area contributed by atoms with Gasteiger partial charge in [-0.1, -0.05) is 12.1 Å². The number of hydrogen-bond donors (Lipinski definition) is 2. The number of ketones is 1. The molecule has 6 heteroatoms. The van der Waals surface area contributed by atoms with Crippen LogP contribution < -0.4 is 10.6 Å². The number of amides is 2. The first-order valence-electron chi connectivity index (χ1n) is 7.98. The fourth-order valence-electron chi connectivity index (χ4n) is 2.12. The first kappa shape index (κ1) is 19.1. The van der Waals surface area contributed by atoms with Gasteiger partial charge in [0, 0.05) is 29.4 Å². The topological polar surface area (TPSA) is 75.3 Å². The van der Waals surface area contributed by atoms with E-state index in [1.807, 2.05) is 0 Å². The van der Waals surface area contributed by atoms with E-state index in [0.717, 1.165) is 5.56 Å². The predicted molar refractivity (Wildman–Crippen MR) is 97.1 cm³/mol. The molecule has 0 fully saturated rings. The monoisotopic (exact) mass is 354 g/mol. The molecule has 0 unspecified atom stereocenters. The molecular weight excluding hydrogens is 335 g/mol. The quantitative estimate of drug-likeness (QED) is 0.618. The molecule has 2 aromatic rings. The van der Waals surface area contributed by atoms with E-state index in [1.54, 1.807) is 36.4 Å². The molecule has 0 saturated carbocycles. The predicted octanol–water partition coefficient (Wildman–Crippen LogP) is 3.23. The average molecular weight is 354 g/mol. The highest BCUT2D eigenvalue weighted by Crippen LogP contribution is 2.11. The molecule has 0 bridgehead atoms. The number of halogens is 1. The lowest BCUT2D eigenvalue weighted by Crippen LogP contribution is -2.22. The van der Waals surface area contributed by atoms with E-state index in [1.165, 1.54) is 32.1 Å². The van der Waals surface area contributed by atoms with E-state index >= 15 is 0 Å². The molecule has 2 amide bonds. The lowest BCUT2D eigenvalue weighted by molar-refractivity contribution is -0.117. The van der Waals surface area contributed by atoms with Gasteiger partial charge in [0.15, 0.2) is 5.78 Å². The Morgan fingerprint density at radius 3 is 2.15 bits per heavy atom. The standard InChI is InChI=1S/C20H19FN2O3/c1-13(11-19(25)22-12-15-3-7-17(21)8-4-15)20(26)23-18-9-5-16(6-10-18)14(2)24/h3-11H,12H2,1-2H3,(H,22,25)(H,23,26)/b13-11-. The first-order valence-corrected chi connectivity index (χ1v) is 7.98. The molecule has 2 N–H and O–H groups in total. The molecule has 0 aromatic heterocycles. The fourth-order valence-corrected chi connectivity index (χ4v) is 2.12. The van der Waals surface area contributed by atoms with Gasteiger partial charge in [-0.25, -0.2) is 4.39 Å². The maximum absolute atomic E-state index is 12.8. The van der Waals surface area contributed by atoms with Crippen LogP contribution in [-0.2, 0) is 16.1 Å². The second-order valence-electron chi connectivity index (χ2n) is 5.76. The van der Waals surface area contributed by atoms with Gasteiger partial charge in [-0.3, -0.25) is 14.4 Å². The van der Waals surface area contributed by atoms with Crippen molar-refractivity contribution in [3.8, 4) is 0 Å². The number of anilines is 1. The second kappa shape index (κ2) is 8.71. The molecule has 26 heavy (non-hydrogen) atoms. The summed E-state index contributed by atoms with van der Waals surface area (Å²) in [4.78, 5) is 35.2. The summed E-state index contributed by atoms with van der Waals surface area (Å²) >= 11 is 0. The Kier molecular flexibility index (Phi) is 6.38. The van der Waals surface area contributed by atoms with E-state index in [9.17, 15) is 18.8 Å². The molecular formula is C20H19FN2O3. The Morgan fingerprint density at radius 2 is 1.58 bits per heavy atom. The zero-order valence-corrected chi connectivity index (χ0v) is 14.5. The van der Waals surface area contributed by atoms with Crippen molar-refractivity contribution in [1.82, 2.24) is 5.32 Å². The van der Waals surface area contributed by atoms with Gasteiger partial charge in [0.25, 0.3) is 5.91 Å². The summed E-state index contributed by atoms with van der Waals surface area (Å²) in [5.41, 5.74) is 2.06. The van der Waals surface area contributed by atoms with Gasteiger partial charge in [-0.2, -0.15) is 0 Å². The highest BCUT2D eigenvalue weighted by molar-refractivity contribution is 6.07. The summed E-state index contributed by atoms with van der Waals surface area (Å²) in [5.74, 6) is -1.24. The van der Waals surface area contributed by atoms with Crippen LogP contribution in [0.1, 0.15) is 29.8 Å². The minimum Gasteiger partial charge on any atom is -0.348 e. The summed E-state index contributed by atoms with van der Waals surface area (Å²) < 4.78 is 12.8. The molecule has 134 valence electrons. The molecule has 2 aromatic carbocycles. The lowest BCUT2D eigenvalue weighted by atomic mass is 10.1. The van der Waals surface area contributed by atoms with Crippen LogP contribution in [0.5, 0.6) is 0 Å². The molecule has 0 aliphatic heterocycles. The number of carbonyl (C=O) groups excluding carboxylic acids is 3. The maximum atomic E-state index is 12.8. The SMILES string of the molecule is CC(=O)c1ccc(NC(=O)/C(C)=C\C(=O)NCc2ccc(F)cc2)cc1. The summed E-state index contributed by atoms with van der Waals surface area (Å²) in [6, 6.07) is 12.2. The number of benzene rings is 2. The second-order valence-corrected chi connectivity index (χ2v) is 5.76. The van der Waals surface area contributed by atoms with Crippen LogP contribution in [0.2, 0.25) is 0 Å². The average Bonchev–Trinajstić information content (AvgIpc) is 2.61. The van der Waals surface area contributed by atoms with Crippen molar-refractivity contribution < 1.29 is 18.8 Å². The van der Waals surface area contributed by atoms with Gasteiger partial charge in [0.2, 0.25) is 5.91 Å². The lowest BCUT2D eigenvalue weighted by Gasteiger charge is -2.07. The zero-order chi connectivity index (χ0) is 19.1. The molecule has 0 aliphatic rings. The van der Waals surface area contributed by atoms with Crippen LogP contribution in [-0.4, -0.2) is 17.6 Å². The molecule has 0 heterocycles. The van der Waals surface area contributed by atoms with Gasteiger partial charge in [0.05, 0.1) is 0 Å². The Labute approximate surface area is 150 Å². The van der Waals surface area contributed by atoms with E-state index in [-0.39, 0.29) is 23.7 Å². The van der Waals surface area contributed by atoms with Crippen LogP contribution in [0.3, 0.4) is 0 Å². The third-order valence-electron chi connectivity index (χ3n) is 3.64. The Morgan fingerprint density at radius 1 is 0.962 bits per heavy atom. The highest BCUT2D eigenvalue weighted by Gasteiger charge is 2.08. The molecule has 2 rings (SSSR count). The van der Waals surface area contributed by atoms with Crippen molar-refractivity contribution in [2.45, 2.75) is 20.4 Å². The van der Waals surface area contributed by atoms with Gasteiger partial charge in [-0.15, -0.1) is 0 Å². The highest BCUT2D eigenvalue weighted by atomic mass is 19.1. The number of carbonyl (C=O) groups is 3. The van der Waals surface area contributed by atoms with Gasteiger partial charge in [-0.05, 0) is 55.8 Å². The van der Waals surface area contributed by atoms with Crippen molar-refractivity contribution in [1.29, 1.82) is 0 Å². The third kappa shape index (κ3) is 5.66. The van der Waals surface area contributed by atoms with Gasteiger partial charge >= 0.3 is 0 Å². The van der Waals surface area contributed by atoms with E-state index in [2.05, 4.69) is 10.6 Å². The zero-order valence-electron chi connectivity index (χ0n) is 14.5. The normalized spacial score (nSPS) is 11.0. The van der Waals surface area contributed by atoms with Crippen molar-refractivity contribution >= 4 is 23.3 Å². The molecule has 0 saturated heterocycles. The van der Waals surface area contributed by atoms with Crippen LogP contribution in [0.25, 0.3) is 0 Å². The Bertz CT molecular complexity index is 840. The number of rotatable bonds is 6. The van der Waals surface area contributed by atoms with Crippen LogP contribution in [0, 0.1) is 5.82 Å². The summed E-state index contributed by atoms with van der Waals surface area (Å²) in [5, 5.41) is 5.29. The number of Topliss-reactive ketones (excluding diaryl/α,β-unsaturated/α-hetero) is 1. The smallest absolute Gasteiger partial charge is 0.251 e. The molecule has 0 aliphatic carbocycles. The fraction of sp³-hybridized carbons (Fsp3) is 0.150. The van der Waals surface area contributed by atoms with Crippen molar-refractivity contribution in [2.75, 3.05) is 5.32 Å². The third-order valence-corrected chi connectivity index (χ3v) is 3.64. The summed E-state index contributed by atoms with van der Waals surface area (Å²) in [6.45, 7) is 3.22. The molecule has 0 atom stereocenters. The summed E-state index contributed by atoms with van der Waals surface area (Å²) in [6.07, 6.45) is 1.20. The summed E-state index contributed by atoms with van der Waals surface area (Å²) in [7, 11) is 0. The van der Waals surface area contributed by atoms with Crippen molar-refractivity contribution in [3.63, 3.8) is 0 Å². The Hall–Kier alpha value is -3.28. The molecule has 0 radical (unpaired) electrons. The van der Waals surface area contributed by atoms with E-state index < -0.39 is 11.8 Å². The first-order chi connectivity index (χ1) is 12.3. The van der Waals surface area contributed by atoms with Crippen molar-refractivity contribution in [2.24, 2.45) is 0 Å². The van der Waals surface area contributed by atoms with Gasteiger partial charge < -0.3 is 10.6 Å². The molecule has 5 nitrogen and oxygen atoms in total. The van der Waals surface area contributed by atoms with Gasteiger partial charge in [0.1, 0.15) is 5.82 Å². The van der Waals surface area contributed by atoms with Crippen LogP contribution in [0.15, 0.2) is 60.2 Å². The molecule has 0 spiro atoms. The van der Waals surface area contributed by atoms with Crippen LogP contribution >= 0.6 is 0 Å². The van der Waals surface area contributed by atoms with Crippen molar-refractivity contribution in [3.05, 3.63) is 77.1 Å². The minimum absolute atomic E-state index is 0.0585. The maximum Gasteiger partial charge on any atom is 0.251 e. The van der Waals surface area contributed by atoms with E-state index in [4.69, 9.17) is 0 Å². The number of hydrogen-bond acceptors (Lipinski definition) is 3. The minimum atomic E-state index is -0.422. The Balaban J connectivity index is 1.90. The van der Waals surface area contributed by atoms with E-state index in [0.29, 0.717) is 11.3 Å².